The predicted molar refractivity (Wildman–Crippen MR) is 324 cm³/mol. The van der Waals surface area contributed by atoms with Crippen molar-refractivity contribution < 1.29 is 58.7 Å². The van der Waals surface area contributed by atoms with Crippen LogP contribution < -0.4 is 19.6 Å². The first-order valence-corrected chi connectivity index (χ1v) is 43.8. The molecular formula is C48H104MoO8P4S8. The molecule has 0 aliphatic carbocycles. The number of rotatable bonds is 48. The molecule has 0 N–H and O–H groups in total. The molecule has 0 rings (SSSR count). The van der Waals surface area contributed by atoms with Crippen LogP contribution in [0.15, 0.2) is 0 Å². The minimum absolute atomic E-state index is 0. The SMILES string of the molecule is CCCCCCOP([O-])(=S)SCCCCCC.CCCCCCOP([O-])(=S)SCCCCCC.CCCCCCOP([O-])(=S)SCCCCCC.CCCCCCOP([O-])(=S)SCCCCCC.[Mo+4]. The van der Waals surface area contributed by atoms with Crippen LogP contribution in [0.3, 0.4) is 0 Å². The van der Waals surface area contributed by atoms with E-state index in [2.05, 4.69) is 55.4 Å². The van der Waals surface area contributed by atoms with Gasteiger partial charge in [0.25, 0.3) is 0 Å². The molecule has 0 radical (unpaired) electrons. The summed E-state index contributed by atoms with van der Waals surface area (Å²) < 4.78 is 21.3. The summed E-state index contributed by atoms with van der Waals surface area (Å²) in [6.07, 6.45) is 37.3. The van der Waals surface area contributed by atoms with Gasteiger partial charge in [-0.1, -0.05) is 257 Å². The molecule has 8 nitrogen and oxygen atoms in total. The Morgan fingerprint density at radius 2 is 0.406 bits per heavy atom. The van der Waals surface area contributed by atoms with Crippen LogP contribution in [0.4, 0.5) is 0 Å². The molecule has 21 heteroatoms. The number of hydrogen-bond acceptors (Lipinski definition) is 16. The Kier molecular flexibility index (Phi) is 75.3. The van der Waals surface area contributed by atoms with E-state index in [-0.39, 0.29) is 21.1 Å². The maximum atomic E-state index is 11.8. The summed E-state index contributed by atoms with van der Waals surface area (Å²) >= 11 is 25.3. The Balaban J connectivity index is -0.000000263. The fourth-order valence-electron chi connectivity index (χ4n) is 5.79. The maximum Gasteiger partial charge on any atom is 4.00 e. The fraction of sp³-hybridized carbons (Fsp3) is 1.00. The zero-order chi connectivity index (χ0) is 51.9. The molecule has 0 spiro atoms. The average Bonchev–Trinajstić information content (AvgIpc) is 3.29. The normalized spacial score (nSPS) is 14.6. The van der Waals surface area contributed by atoms with Gasteiger partial charge < -0.3 is 37.7 Å². The van der Waals surface area contributed by atoms with E-state index in [1.807, 2.05) is 0 Å². The van der Waals surface area contributed by atoms with E-state index in [9.17, 15) is 19.6 Å². The third-order valence-corrected chi connectivity index (χ3v) is 27.4. The van der Waals surface area contributed by atoms with E-state index in [0.29, 0.717) is 26.4 Å². The first-order valence-electron chi connectivity index (χ1n) is 26.9. The van der Waals surface area contributed by atoms with Gasteiger partial charge in [0, 0.05) is 22.8 Å². The average molecular weight is 1290 g/mol. The molecule has 0 saturated carbocycles. The minimum atomic E-state index is -2.79. The zero-order valence-corrected chi connectivity index (χ0v) is 57.1. The third-order valence-electron chi connectivity index (χ3n) is 9.98. The van der Waals surface area contributed by atoms with E-state index in [0.717, 1.165) is 100 Å². The van der Waals surface area contributed by atoms with Crippen LogP contribution in [0.1, 0.15) is 261 Å². The summed E-state index contributed by atoms with van der Waals surface area (Å²) in [5.74, 6) is 3.48. The second kappa shape index (κ2) is 63.2. The summed E-state index contributed by atoms with van der Waals surface area (Å²) in [4.78, 5) is 47.3. The van der Waals surface area contributed by atoms with Crippen molar-refractivity contribution in [2.24, 2.45) is 0 Å². The largest absolute Gasteiger partial charge is 4.00 e. The molecule has 0 aromatic heterocycles. The summed E-state index contributed by atoms with van der Waals surface area (Å²) in [6, 6.07) is 0. The Hall–Kier alpha value is 4.37. The van der Waals surface area contributed by atoms with Gasteiger partial charge in [-0.2, -0.15) is 0 Å². The quantitative estimate of drug-likeness (QED) is 0.0325. The smallest absolute Gasteiger partial charge is 0.793 e. The van der Waals surface area contributed by atoms with Gasteiger partial charge in [-0.15, -0.1) is 45.5 Å². The fourth-order valence-corrected chi connectivity index (χ4v) is 19.3. The molecule has 0 heterocycles. The van der Waals surface area contributed by atoms with Gasteiger partial charge in [-0.3, -0.25) is 0 Å². The van der Waals surface area contributed by atoms with Crippen molar-refractivity contribution >= 4 is 116 Å². The number of unbranched alkanes of at least 4 members (excludes halogenated alkanes) is 24. The van der Waals surface area contributed by atoms with Crippen LogP contribution in [0.25, 0.3) is 0 Å². The molecular weight excluding hydrogens is 1180 g/mol. The molecule has 0 aromatic rings. The van der Waals surface area contributed by atoms with Crippen LogP contribution in [0.5, 0.6) is 0 Å². The number of hydrogen-bond donors (Lipinski definition) is 0. The molecule has 0 bridgehead atoms. The van der Waals surface area contributed by atoms with Crippen molar-refractivity contribution in [3.8, 4) is 0 Å². The van der Waals surface area contributed by atoms with Crippen LogP contribution >= 0.6 is 68.3 Å². The molecule has 69 heavy (non-hydrogen) atoms. The molecule has 0 saturated heterocycles. The van der Waals surface area contributed by atoms with E-state index in [4.69, 9.17) is 65.3 Å². The molecule has 0 aliphatic heterocycles. The van der Waals surface area contributed by atoms with Crippen LogP contribution in [-0.4, -0.2) is 49.4 Å². The van der Waals surface area contributed by atoms with Gasteiger partial charge >= 0.3 is 21.1 Å². The van der Waals surface area contributed by atoms with Gasteiger partial charge in [0.1, 0.15) is 0 Å². The van der Waals surface area contributed by atoms with Crippen molar-refractivity contribution in [1.82, 2.24) is 0 Å². The van der Waals surface area contributed by atoms with Gasteiger partial charge in [-0.05, 0) is 74.4 Å². The van der Waals surface area contributed by atoms with Crippen molar-refractivity contribution in [3.05, 3.63) is 0 Å². The Morgan fingerprint density at radius 1 is 0.261 bits per heavy atom. The first-order chi connectivity index (χ1) is 32.5. The Bertz CT molecular complexity index is 962. The van der Waals surface area contributed by atoms with E-state index >= 15 is 0 Å². The topological polar surface area (TPSA) is 129 Å². The maximum absolute atomic E-state index is 11.8. The second-order valence-electron chi connectivity index (χ2n) is 16.9. The predicted octanol–water partition coefficient (Wildman–Crippen LogP) is 17.9. The minimum Gasteiger partial charge on any atom is -0.793 e. The van der Waals surface area contributed by atoms with Gasteiger partial charge in [0.05, 0.1) is 26.4 Å². The molecule has 0 fully saturated rings. The van der Waals surface area contributed by atoms with Crippen molar-refractivity contribution in [2.75, 3.05) is 49.4 Å². The van der Waals surface area contributed by atoms with Crippen molar-refractivity contribution in [3.63, 3.8) is 0 Å². The Morgan fingerprint density at radius 3 is 0.551 bits per heavy atom. The summed E-state index contributed by atoms with van der Waals surface area (Å²) in [6.45, 7) is 19.7. The summed E-state index contributed by atoms with van der Waals surface area (Å²) in [7, 11) is 0. The van der Waals surface area contributed by atoms with Crippen molar-refractivity contribution in [1.29, 1.82) is 0 Å². The van der Waals surface area contributed by atoms with Crippen molar-refractivity contribution in [2.45, 2.75) is 261 Å². The molecule has 0 aromatic carbocycles. The van der Waals surface area contributed by atoms with Crippen LogP contribution in [0, 0.1) is 0 Å². The molecule has 0 aliphatic rings. The van der Waals surface area contributed by atoms with Gasteiger partial charge in [-0.25, -0.2) is 0 Å². The van der Waals surface area contributed by atoms with Gasteiger partial charge in [0.2, 0.25) is 0 Å². The third kappa shape index (κ3) is 76.7. The van der Waals surface area contributed by atoms with E-state index < -0.39 is 22.8 Å². The molecule has 4 unspecified atom stereocenters. The summed E-state index contributed by atoms with van der Waals surface area (Å²) in [5, 5.41) is 0. The Labute approximate surface area is 480 Å². The summed E-state index contributed by atoms with van der Waals surface area (Å²) in [5.41, 5.74) is -11.2. The van der Waals surface area contributed by atoms with Crippen LogP contribution in [0.2, 0.25) is 0 Å². The molecule has 0 amide bonds. The van der Waals surface area contributed by atoms with Crippen LogP contribution in [-0.2, 0) is 86.4 Å². The standard InChI is InChI=1S/4C12H27O2PS2.Mo/c4*1-3-5-7-9-11-14-15(13,16)17-12-10-8-6-4-2;/h4*3-12H2,1-2H3,(H,13,16);/q;;;;+4/p-4. The second-order valence-corrected chi connectivity index (χ2v) is 41.6. The van der Waals surface area contributed by atoms with E-state index in [1.165, 1.54) is 174 Å². The molecule has 418 valence electrons. The first kappa shape index (κ1) is 82.2. The monoisotopic (exact) mass is 1290 g/mol. The van der Waals surface area contributed by atoms with Gasteiger partial charge in [0.15, 0.2) is 0 Å². The zero-order valence-electron chi connectivity index (χ0n) is 45.0. The molecule has 4 atom stereocenters. The van der Waals surface area contributed by atoms with E-state index in [1.54, 1.807) is 0 Å².